The fraction of sp³-hybridized carbons (Fsp3) is 0.571. The van der Waals surface area contributed by atoms with Gasteiger partial charge in [0.25, 0.3) is 0 Å². The number of benzene rings is 1. The van der Waals surface area contributed by atoms with Crippen LogP contribution in [0.15, 0.2) is 24.3 Å². The van der Waals surface area contributed by atoms with Gasteiger partial charge >= 0.3 is 0 Å². The van der Waals surface area contributed by atoms with Gasteiger partial charge in [0, 0.05) is 22.6 Å². The van der Waals surface area contributed by atoms with Gasteiger partial charge in [0.05, 0.1) is 0 Å². The lowest BCUT2D eigenvalue weighted by Crippen LogP contribution is -2.40. The molecule has 0 heterocycles. The first-order chi connectivity index (χ1) is 7.93. The van der Waals surface area contributed by atoms with Crippen molar-refractivity contribution in [3.05, 3.63) is 34.9 Å². The zero-order chi connectivity index (χ0) is 12.9. The summed E-state index contributed by atoms with van der Waals surface area (Å²) < 4.78 is 0. The van der Waals surface area contributed by atoms with Gasteiger partial charge in [-0.1, -0.05) is 44.5 Å². The molecule has 1 aromatic carbocycles. The average molecular weight is 272 g/mol. The predicted octanol–water partition coefficient (Wildman–Crippen LogP) is 4.21. The minimum atomic E-state index is 0.307. The van der Waals surface area contributed by atoms with Gasteiger partial charge in [-0.2, -0.15) is 11.8 Å². The number of halogens is 1. The summed E-state index contributed by atoms with van der Waals surface area (Å²) in [6.07, 6.45) is 0. The molecule has 1 nitrogen and oxygen atoms in total. The maximum atomic E-state index is 5.86. The van der Waals surface area contributed by atoms with E-state index in [4.69, 9.17) is 11.6 Å². The second-order valence-corrected chi connectivity index (χ2v) is 6.82. The molecular weight excluding hydrogens is 250 g/mol. The Morgan fingerprint density at radius 3 is 2.29 bits per heavy atom. The highest BCUT2D eigenvalue weighted by Gasteiger charge is 2.22. The SMILES string of the molecule is CNC(CSCc1ccc(Cl)cc1)C(C)(C)C. The topological polar surface area (TPSA) is 12.0 Å². The molecule has 0 fully saturated rings. The third kappa shape index (κ3) is 5.33. The van der Waals surface area contributed by atoms with E-state index in [2.05, 4.69) is 38.2 Å². The number of hydrogen-bond donors (Lipinski definition) is 1. The highest BCUT2D eigenvalue weighted by Crippen LogP contribution is 2.24. The molecule has 0 saturated carbocycles. The minimum Gasteiger partial charge on any atom is -0.316 e. The predicted molar refractivity (Wildman–Crippen MR) is 79.9 cm³/mol. The van der Waals surface area contributed by atoms with Crippen molar-refractivity contribution < 1.29 is 0 Å². The molecule has 17 heavy (non-hydrogen) atoms. The van der Waals surface area contributed by atoms with Crippen molar-refractivity contribution in [3.63, 3.8) is 0 Å². The van der Waals surface area contributed by atoms with E-state index in [1.807, 2.05) is 30.9 Å². The first-order valence-corrected chi connectivity index (χ1v) is 7.46. The van der Waals surface area contributed by atoms with E-state index in [-0.39, 0.29) is 0 Å². The van der Waals surface area contributed by atoms with Crippen molar-refractivity contribution in [3.8, 4) is 0 Å². The van der Waals surface area contributed by atoms with E-state index in [1.54, 1.807) is 0 Å². The summed E-state index contributed by atoms with van der Waals surface area (Å²) in [6, 6.07) is 8.65. The molecule has 1 N–H and O–H groups in total. The molecule has 0 aromatic heterocycles. The number of nitrogens with one attached hydrogen (secondary N) is 1. The zero-order valence-electron chi connectivity index (χ0n) is 11.1. The average Bonchev–Trinajstić information content (AvgIpc) is 2.25. The van der Waals surface area contributed by atoms with Crippen LogP contribution in [0.4, 0.5) is 0 Å². The summed E-state index contributed by atoms with van der Waals surface area (Å²) in [4.78, 5) is 0. The van der Waals surface area contributed by atoms with Crippen LogP contribution in [-0.2, 0) is 5.75 Å². The van der Waals surface area contributed by atoms with Crippen LogP contribution in [0.2, 0.25) is 5.02 Å². The molecule has 0 radical (unpaired) electrons. The van der Waals surface area contributed by atoms with Crippen molar-refractivity contribution in [2.45, 2.75) is 32.6 Å². The molecule has 0 amide bonds. The van der Waals surface area contributed by atoms with Crippen LogP contribution in [0.5, 0.6) is 0 Å². The fourth-order valence-electron chi connectivity index (χ4n) is 1.64. The zero-order valence-corrected chi connectivity index (χ0v) is 12.7. The molecular formula is C14H22ClNS. The van der Waals surface area contributed by atoms with Crippen molar-refractivity contribution in [1.29, 1.82) is 0 Å². The summed E-state index contributed by atoms with van der Waals surface area (Å²) in [5.74, 6) is 2.17. The molecule has 96 valence electrons. The van der Waals surface area contributed by atoms with Crippen molar-refractivity contribution >= 4 is 23.4 Å². The van der Waals surface area contributed by atoms with Crippen LogP contribution < -0.4 is 5.32 Å². The first kappa shape index (κ1) is 14.9. The van der Waals surface area contributed by atoms with Gasteiger partial charge in [0.1, 0.15) is 0 Å². The Morgan fingerprint density at radius 1 is 1.24 bits per heavy atom. The molecule has 0 aliphatic carbocycles. The van der Waals surface area contributed by atoms with E-state index in [1.165, 1.54) is 5.56 Å². The standard InChI is InChI=1S/C14H22ClNS/c1-14(2,3)13(16-4)10-17-9-11-5-7-12(15)8-6-11/h5-8,13,16H,9-10H2,1-4H3. The molecule has 0 saturated heterocycles. The largest absolute Gasteiger partial charge is 0.316 e. The Labute approximate surface area is 114 Å². The van der Waals surface area contributed by atoms with Gasteiger partial charge in [-0.25, -0.2) is 0 Å². The van der Waals surface area contributed by atoms with E-state index in [9.17, 15) is 0 Å². The van der Waals surface area contributed by atoms with Gasteiger partial charge in [0.2, 0.25) is 0 Å². The molecule has 0 aliphatic rings. The van der Waals surface area contributed by atoms with Crippen LogP contribution in [0.1, 0.15) is 26.3 Å². The second kappa shape index (κ2) is 6.67. The summed E-state index contributed by atoms with van der Waals surface area (Å²) >= 11 is 7.83. The Morgan fingerprint density at radius 2 is 1.82 bits per heavy atom. The van der Waals surface area contributed by atoms with Crippen molar-refractivity contribution in [1.82, 2.24) is 5.32 Å². The monoisotopic (exact) mass is 271 g/mol. The molecule has 1 rings (SSSR count). The van der Waals surface area contributed by atoms with Crippen LogP contribution in [-0.4, -0.2) is 18.8 Å². The van der Waals surface area contributed by atoms with Gasteiger partial charge in [0.15, 0.2) is 0 Å². The van der Waals surface area contributed by atoms with Gasteiger partial charge in [-0.15, -0.1) is 0 Å². The summed E-state index contributed by atoms with van der Waals surface area (Å²) in [5.41, 5.74) is 1.64. The normalized spacial score (nSPS) is 13.7. The maximum Gasteiger partial charge on any atom is 0.0406 e. The smallest absolute Gasteiger partial charge is 0.0406 e. The maximum absolute atomic E-state index is 5.86. The first-order valence-electron chi connectivity index (χ1n) is 5.93. The Balaban J connectivity index is 2.39. The van der Waals surface area contributed by atoms with Crippen molar-refractivity contribution in [2.75, 3.05) is 12.8 Å². The third-order valence-electron chi connectivity index (χ3n) is 2.86. The summed E-state index contributed by atoms with van der Waals surface area (Å²) in [7, 11) is 2.04. The van der Waals surface area contributed by atoms with E-state index in [0.29, 0.717) is 11.5 Å². The van der Waals surface area contributed by atoms with Gasteiger partial charge < -0.3 is 5.32 Å². The Kier molecular flexibility index (Phi) is 5.84. The summed E-state index contributed by atoms with van der Waals surface area (Å²) in [5, 5.41) is 4.20. The van der Waals surface area contributed by atoms with E-state index >= 15 is 0 Å². The second-order valence-electron chi connectivity index (χ2n) is 5.35. The number of hydrogen-bond acceptors (Lipinski definition) is 2. The molecule has 0 bridgehead atoms. The molecule has 3 heteroatoms. The lowest BCUT2D eigenvalue weighted by atomic mass is 9.88. The number of thioether (sulfide) groups is 1. The molecule has 1 unspecified atom stereocenters. The van der Waals surface area contributed by atoms with E-state index in [0.717, 1.165) is 16.5 Å². The quantitative estimate of drug-likeness (QED) is 0.861. The number of rotatable bonds is 5. The van der Waals surface area contributed by atoms with Crippen LogP contribution in [0.25, 0.3) is 0 Å². The highest BCUT2D eigenvalue weighted by molar-refractivity contribution is 7.98. The highest BCUT2D eigenvalue weighted by atomic mass is 35.5. The van der Waals surface area contributed by atoms with E-state index < -0.39 is 0 Å². The van der Waals surface area contributed by atoms with Crippen molar-refractivity contribution in [2.24, 2.45) is 5.41 Å². The van der Waals surface area contributed by atoms with Crippen LogP contribution in [0.3, 0.4) is 0 Å². The third-order valence-corrected chi connectivity index (χ3v) is 4.22. The Hall–Kier alpha value is -0.180. The lowest BCUT2D eigenvalue weighted by molar-refractivity contribution is 0.305. The van der Waals surface area contributed by atoms with Crippen LogP contribution >= 0.6 is 23.4 Å². The van der Waals surface area contributed by atoms with Gasteiger partial charge in [-0.05, 0) is 30.2 Å². The summed E-state index contributed by atoms with van der Waals surface area (Å²) in [6.45, 7) is 6.82. The Bertz CT molecular complexity index is 329. The molecule has 1 aromatic rings. The molecule has 0 spiro atoms. The van der Waals surface area contributed by atoms with Gasteiger partial charge in [-0.3, -0.25) is 0 Å². The fourth-order valence-corrected chi connectivity index (χ4v) is 3.22. The molecule has 0 aliphatic heterocycles. The lowest BCUT2D eigenvalue weighted by Gasteiger charge is -2.30. The minimum absolute atomic E-state index is 0.307. The van der Waals surface area contributed by atoms with Crippen LogP contribution in [0, 0.1) is 5.41 Å². The molecule has 1 atom stereocenters.